The molecule has 0 radical (unpaired) electrons. The third kappa shape index (κ3) is 5.51. The Bertz CT molecular complexity index is 1360. The van der Waals surface area contributed by atoms with Crippen molar-refractivity contribution in [3.05, 3.63) is 40.7 Å². The second kappa shape index (κ2) is 9.51. The van der Waals surface area contributed by atoms with E-state index in [0.29, 0.717) is 36.4 Å². The van der Waals surface area contributed by atoms with E-state index >= 15 is 0 Å². The van der Waals surface area contributed by atoms with Gasteiger partial charge in [0, 0.05) is 36.6 Å². The fourth-order valence-electron chi connectivity index (χ4n) is 4.49. The molecular weight excluding hydrogens is 509 g/mol. The van der Waals surface area contributed by atoms with Crippen molar-refractivity contribution in [2.24, 2.45) is 0 Å². The third-order valence-electron chi connectivity index (χ3n) is 6.03. The molecule has 2 aromatic heterocycles. The molecule has 37 heavy (non-hydrogen) atoms. The van der Waals surface area contributed by atoms with Crippen LogP contribution in [0.3, 0.4) is 0 Å². The lowest BCUT2D eigenvalue weighted by molar-refractivity contribution is -0.137. The number of aryl methyl sites for hydroxylation is 1. The molecule has 1 unspecified atom stereocenters. The quantitative estimate of drug-likeness (QED) is 0.448. The van der Waals surface area contributed by atoms with Crippen LogP contribution in [0.5, 0.6) is 0 Å². The Kier molecular flexibility index (Phi) is 6.87. The minimum absolute atomic E-state index is 0.0447. The summed E-state index contributed by atoms with van der Waals surface area (Å²) < 4.78 is 47.2. The molecule has 198 valence electrons. The first kappa shape index (κ1) is 26.7. The van der Waals surface area contributed by atoms with Gasteiger partial charge in [0.2, 0.25) is 0 Å². The largest absolute Gasteiger partial charge is 0.444 e. The zero-order valence-corrected chi connectivity index (χ0v) is 21.9. The highest BCUT2D eigenvalue weighted by atomic mass is 35.5. The highest BCUT2D eigenvalue weighted by molar-refractivity contribution is 6.34. The summed E-state index contributed by atoms with van der Waals surface area (Å²) in [4.78, 5) is 28.9. The lowest BCUT2D eigenvalue weighted by Crippen LogP contribution is -2.54. The van der Waals surface area contributed by atoms with Crippen LogP contribution in [-0.4, -0.2) is 57.2 Å². The van der Waals surface area contributed by atoms with E-state index in [1.165, 1.54) is 25.4 Å². The molecule has 12 heteroatoms. The number of hydrogen-bond donors (Lipinski definition) is 1. The van der Waals surface area contributed by atoms with Gasteiger partial charge in [-0.25, -0.2) is 19.7 Å². The molecule has 8 nitrogen and oxygen atoms in total. The van der Waals surface area contributed by atoms with Gasteiger partial charge in [-0.3, -0.25) is 0 Å². The van der Waals surface area contributed by atoms with Crippen molar-refractivity contribution in [1.82, 2.24) is 19.9 Å². The second-order valence-corrected chi connectivity index (χ2v) is 10.5. The van der Waals surface area contributed by atoms with Crippen LogP contribution in [0.4, 0.5) is 29.6 Å². The summed E-state index contributed by atoms with van der Waals surface area (Å²) in [5.41, 5.74) is 4.36. The number of alkyl halides is 3. The number of ether oxygens (including phenoxy) is 1. The fourth-order valence-corrected chi connectivity index (χ4v) is 4.74. The van der Waals surface area contributed by atoms with Crippen LogP contribution in [0.1, 0.15) is 38.8 Å². The smallest absolute Gasteiger partial charge is 0.418 e. The normalized spacial score (nSPS) is 16.8. The lowest BCUT2D eigenvalue weighted by atomic mass is 9.99. The van der Waals surface area contributed by atoms with Crippen molar-refractivity contribution in [2.75, 3.05) is 30.3 Å². The molecule has 0 aliphatic carbocycles. The van der Waals surface area contributed by atoms with Gasteiger partial charge in [0.05, 0.1) is 21.8 Å². The van der Waals surface area contributed by atoms with Gasteiger partial charge in [-0.1, -0.05) is 11.6 Å². The lowest BCUT2D eigenvalue weighted by Gasteiger charge is -2.41. The number of fused-ring (bicyclic) bond motifs is 1. The Hall–Kier alpha value is -3.34. The van der Waals surface area contributed by atoms with Crippen molar-refractivity contribution >= 4 is 40.2 Å². The average molecular weight is 537 g/mol. The molecule has 3 aromatic rings. The number of pyridine rings is 1. The predicted octanol–water partition coefficient (Wildman–Crippen LogP) is 5.70. The summed E-state index contributed by atoms with van der Waals surface area (Å²) in [6.07, 6.45) is -3.69. The standard InChI is InChI=1S/C25H28ClF3N6O2/c1-13-8-19(30)33-21(20(13)25(27,28)29)15-10-18-16(9-17(15)26)22(32-12-31-18)35-7-6-34(11-14(35)2)23(36)37-24(3,4)5/h8-10,12,14H,6-7,11H2,1-5H3,(H2,30,33). The monoisotopic (exact) mass is 536 g/mol. The summed E-state index contributed by atoms with van der Waals surface area (Å²) in [7, 11) is 0. The maximum Gasteiger partial charge on any atom is 0.418 e. The van der Waals surface area contributed by atoms with Gasteiger partial charge in [-0.2, -0.15) is 13.2 Å². The van der Waals surface area contributed by atoms with Gasteiger partial charge in [0.25, 0.3) is 0 Å². The van der Waals surface area contributed by atoms with Crippen LogP contribution in [0.25, 0.3) is 22.2 Å². The Morgan fingerprint density at radius 1 is 1.16 bits per heavy atom. The van der Waals surface area contributed by atoms with Crippen LogP contribution in [0, 0.1) is 6.92 Å². The Morgan fingerprint density at radius 3 is 2.49 bits per heavy atom. The van der Waals surface area contributed by atoms with Crippen LogP contribution in [-0.2, 0) is 10.9 Å². The van der Waals surface area contributed by atoms with Crippen molar-refractivity contribution < 1.29 is 22.7 Å². The summed E-state index contributed by atoms with van der Waals surface area (Å²) >= 11 is 6.55. The number of hydrogen-bond acceptors (Lipinski definition) is 7. The topological polar surface area (TPSA) is 97.5 Å². The second-order valence-electron chi connectivity index (χ2n) is 10.1. The molecule has 1 aliphatic heterocycles. The molecule has 0 saturated carbocycles. The molecule has 0 bridgehead atoms. The van der Waals surface area contributed by atoms with Gasteiger partial charge in [-0.15, -0.1) is 0 Å². The predicted molar refractivity (Wildman–Crippen MR) is 137 cm³/mol. The van der Waals surface area contributed by atoms with Gasteiger partial charge in [0.15, 0.2) is 0 Å². The average Bonchev–Trinajstić information content (AvgIpc) is 2.75. The minimum Gasteiger partial charge on any atom is -0.444 e. The molecule has 1 amide bonds. The first-order chi connectivity index (χ1) is 17.2. The summed E-state index contributed by atoms with van der Waals surface area (Å²) in [6.45, 7) is 10.0. The molecule has 2 N–H and O–H groups in total. The number of nitrogen functional groups attached to an aromatic ring is 1. The number of anilines is 2. The summed E-state index contributed by atoms with van der Waals surface area (Å²) in [5, 5.41) is 0.634. The minimum atomic E-state index is -4.65. The van der Waals surface area contributed by atoms with E-state index in [-0.39, 0.29) is 39.8 Å². The first-order valence-electron chi connectivity index (χ1n) is 11.7. The highest BCUT2D eigenvalue weighted by Gasteiger charge is 2.37. The van der Waals surface area contributed by atoms with E-state index in [4.69, 9.17) is 22.1 Å². The molecule has 0 spiro atoms. The van der Waals surface area contributed by atoms with Gasteiger partial charge in [0.1, 0.15) is 23.6 Å². The number of nitrogens with two attached hydrogens (primary N) is 1. The molecule has 4 rings (SSSR count). The van der Waals surface area contributed by atoms with E-state index in [2.05, 4.69) is 15.0 Å². The van der Waals surface area contributed by atoms with E-state index < -0.39 is 17.3 Å². The summed E-state index contributed by atoms with van der Waals surface area (Å²) in [6, 6.07) is 4.09. The van der Waals surface area contributed by atoms with Crippen LogP contribution in [0.2, 0.25) is 5.02 Å². The van der Waals surface area contributed by atoms with Crippen molar-refractivity contribution in [3.63, 3.8) is 0 Å². The molecule has 1 aliphatic rings. The highest BCUT2D eigenvalue weighted by Crippen LogP contribution is 2.42. The molecular formula is C25H28ClF3N6O2. The number of carbonyl (C=O) groups excluding carboxylic acids is 1. The SMILES string of the molecule is Cc1cc(N)nc(-c2cc3ncnc(N4CCN(C(=O)OC(C)(C)C)CC4C)c3cc2Cl)c1C(F)(F)F. The molecule has 1 saturated heterocycles. The molecule has 1 fully saturated rings. The number of benzene rings is 1. The van der Waals surface area contributed by atoms with Gasteiger partial charge >= 0.3 is 12.3 Å². The Balaban J connectivity index is 1.72. The van der Waals surface area contributed by atoms with Crippen LogP contribution < -0.4 is 10.6 Å². The number of rotatable bonds is 2. The van der Waals surface area contributed by atoms with Crippen molar-refractivity contribution in [1.29, 1.82) is 0 Å². The molecule has 1 atom stereocenters. The van der Waals surface area contributed by atoms with E-state index in [1.807, 2.05) is 32.6 Å². The third-order valence-corrected chi connectivity index (χ3v) is 6.34. The van der Waals surface area contributed by atoms with Crippen LogP contribution >= 0.6 is 11.6 Å². The van der Waals surface area contributed by atoms with E-state index in [1.54, 1.807) is 11.0 Å². The number of amides is 1. The Morgan fingerprint density at radius 2 is 1.86 bits per heavy atom. The Labute approximate surface area is 217 Å². The fraction of sp³-hybridized carbons (Fsp3) is 0.440. The number of nitrogens with zero attached hydrogens (tertiary/aromatic N) is 5. The first-order valence-corrected chi connectivity index (χ1v) is 12.1. The number of halogens is 4. The van der Waals surface area contributed by atoms with Gasteiger partial charge < -0.3 is 20.3 Å². The van der Waals surface area contributed by atoms with E-state index in [0.717, 1.165) is 0 Å². The maximum absolute atomic E-state index is 13.9. The maximum atomic E-state index is 13.9. The zero-order valence-electron chi connectivity index (χ0n) is 21.1. The number of carbonyl (C=O) groups is 1. The number of aromatic nitrogens is 3. The zero-order chi connectivity index (χ0) is 27.3. The van der Waals surface area contributed by atoms with E-state index in [9.17, 15) is 18.0 Å². The summed E-state index contributed by atoms with van der Waals surface area (Å²) in [5.74, 6) is 0.527. The number of piperazine rings is 1. The van der Waals surface area contributed by atoms with Gasteiger partial charge in [-0.05, 0) is 58.4 Å². The molecule has 3 heterocycles. The van der Waals surface area contributed by atoms with Crippen LogP contribution in [0.15, 0.2) is 24.5 Å². The molecule has 1 aromatic carbocycles. The van der Waals surface area contributed by atoms with Crippen molar-refractivity contribution in [2.45, 2.75) is 52.4 Å². The van der Waals surface area contributed by atoms with Crippen molar-refractivity contribution in [3.8, 4) is 11.3 Å².